The fourth-order valence-corrected chi connectivity index (χ4v) is 2.00. The Morgan fingerprint density at radius 3 is 2.22 bits per heavy atom. The molecule has 5 nitrogen and oxygen atoms in total. The minimum absolute atomic E-state index is 0.274. The predicted octanol–water partition coefficient (Wildman–Crippen LogP) is 2.87. The molecule has 0 bridgehead atoms. The molecule has 2 N–H and O–H groups in total. The first-order valence-corrected chi connectivity index (χ1v) is 7.12. The smallest absolute Gasteiger partial charge is 0.320 e. The van der Waals surface area contributed by atoms with Crippen LogP contribution in [-0.4, -0.2) is 23.9 Å². The lowest BCUT2D eigenvalue weighted by Crippen LogP contribution is -2.48. The lowest BCUT2D eigenvalue weighted by molar-refractivity contribution is 0.0929. The first-order chi connectivity index (χ1) is 11.0. The number of hydrazine groups is 1. The van der Waals surface area contributed by atoms with Crippen LogP contribution in [0.2, 0.25) is 0 Å². The minimum atomic E-state index is -0.467. The fourth-order valence-electron chi connectivity index (χ4n) is 2.00. The van der Waals surface area contributed by atoms with E-state index >= 15 is 0 Å². The van der Waals surface area contributed by atoms with Gasteiger partial charge < -0.3 is 4.90 Å². The monoisotopic (exact) mass is 315 g/mol. The van der Waals surface area contributed by atoms with E-state index in [1.165, 1.54) is 17.0 Å². The fraction of sp³-hybridized carbons (Fsp3) is 0.176. The van der Waals surface area contributed by atoms with Gasteiger partial charge in [-0.15, -0.1) is 0 Å². The molecule has 0 radical (unpaired) electrons. The molecule has 0 aliphatic carbocycles. The molecule has 2 aromatic carbocycles. The topological polar surface area (TPSA) is 61.4 Å². The summed E-state index contributed by atoms with van der Waals surface area (Å²) >= 11 is 0. The van der Waals surface area contributed by atoms with Crippen molar-refractivity contribution in [1.82, 2.24) is 15.8 Å². The Balaban J connectivity index is 1.92. The van der Waals surface area contributed by atoms with Crippen molar-refractivity contribution in [3.05, 3.63) is 71.5 Å². The van der Waals surface area contributed by atoms with E-state index < -0.39 is 11.9 Å². The molecule has 0 saturated carbocycles. The summed E-state index contributed by atoms with van der Waals surface area (Å²) in [7, 11) is 1.60. The van der Waals surface area contributed by atoms with Gasteiger partial charge in [-0.3, -0.25) is 10.2 Å². The van der Waals surface area contributed by atoms with Crippen molar-refractivity contribution in [3.8, 4) is 0 Å². The van der Waals surface area contributed by atoms with Crippen LogP contribution in [0.5, 0.6) is 0 Å². The molecular weight excluding hydrogens is 297 g/mol. The molecule has 0 saturated heterocycles. The van der Waals surface area contributed by atoms with Crippen LogP contribution in [0, 0.1) is 5.82 Å². The third kappa shape index (κ3) is 4.29. The molecule has 1 atom stereocenters. The zero-order chi connectivity index (χ0) is 16.8. The molecule has 23 heavy (non-hydrogen) atoms. The molecule has 0 spiro atoms. The SMILES string of the molecule is CC(c1ccc(F)cc1)N(C)C(=O)NNC(=O)c1ccccc1. The van der Waals surface area contributed by atoms with Gasteiger partial charge in [0.2, 0.25) is 0 Å². The number of halogens is 1. The summed E-state index contributed by atoms with van der Waals surface area (Å²) in [5, 5.41) is 0. The number of nitrogens with one attached hydrogen (secondary N) is 2. The third-order valence-electron chi connectivity index (χ3n) is 3.57. The maximum absolute atomic E-state index is 12.9. The Morgan fingerprint density at radius 2 is 1.61 bits per heavy atom. The van der Waals surface area contributed by atoms with Gasteiger partial charge in [0, 0.05) is 12.6 Å². The van der Waals surface area contributed by atoms with Crippen LogP contribution >= 0.6 is 0 Å². The molecule has 0 aliphatic heterocycles. The molecule has 2 aromatic rings. The molecule has 0 heterocycles. The number of urea groups is 1. The minimum Gasteiger partial charge on any atom is -0.320 e. The Labute approximate surface area is 134 Å². The summed E-state index contributed by atoms with van der Waals surface area (Å²) in [5.41, 5.74) is 5.95. The van der Waals surface area contributed by atoms with E-state index in [0.29, 0.717) is 5.56 Å². The maximum Gasteiger partial charge on any atom is 0.336 e. The van der Waals surface area contributed by atoms with Gasteiger partial charge in [-0.25, -0.2) is 14.6 Å². The lowest BCUT2D eigenvalue weighted by Gasteiger charge is -2.25. The lowest BCUT2D eigenvalue weighted by atomic mass is 10.1. The average molecular weight is 315 g/mol. The summed E-state index contributed by atoms with van der Waals surface area (Å²) in [4.78, 5) is 25.4. The molecular formula is C17H18FN3O2. The van der Waals surface area contributed by atoms with E-state index in [0.717, 1.165) is 5.56 Å². The van der Waals surface area contributed by atoms with Crippen LogP contribution in [0.25, 0.3) is 0 Å². The van der Waals surface area contributed by atoms with Crippen LogP contribution < -0.4 is 10.9 Å². The van der Waals surface area contributed by atoms with Crippen LogP contribution in [-0.2, 0) is 0 Å². The average Bonchev–Trinajstić information content (AvgIpc) is 2.59. The van der Waals surface area contributed by atoms with Gasteiger partial charge in [-0.1, -0.05) is 30.3 Å². The number of amides is 3. The van der Waals surface area contributed by atoms with Gasteiger partial charge >= 0.3 is 6.03 Å². The second-order valence-electron chi connectivity index (χ2n) is 5.09. The van der Waals surface area contributed by atoms with Gasteiger partial charge in [0.1, 0.15) is 5.82 Å². The van der Waals surface area contributed by atoms with Gasteiger partial charge in [0.05, 0.1) is 6.04 Å². The molecule has 6 heteroatoms. The van der Waals surface area contributed by atoms with Crippen molar-refractivity contribution in [2.45, 2.75) is 13.0 Å². The molecule has 120 valence electrons. The number of hydrogen-bond donors (Lipinski definition) is 2. The highest BCUT2D eigenvalue weighted by Gasteiger charge is 2.18. The summed E-state index contributed by atoms with van der Waals surface area (Å²) < 4.78 is 12.9. The van der Waals surface area contributed by atoms with Gasteiger partial charge in [0.25, 0.3) is 5.91 Å². The highest BCUT2D eigenvalue weighted by molar-refractivity contribution is 5.95. The van der Waals surface area contributed by atoms with Crippen molar-refractivity contribution in [1.29, 1.82) is 0 Å². The Bertz CT molecular complexity index is 674. The van der Waals surface area contributed by atoms with E-state index in [1.54, 1.807) is 49.5 Å². The number of carbonyl (C=O) groups excluding carboxylic acids is 2. The molecule has 0 fully saturated rings. The van der Waals surface area contributed by atoms with E-state index in [1.807, 2.05) is 6.92 Å². The first-order valence-electron chi connectivity index (χ1n) is 7.12. The number of nitrogens with zero attached hydrogens (tertiary/aromatic N) is 1. The van der Waals surface area contributed by atoms with Crippen LogP contribution in [0.3, 0.4) is 0 Å². The summed E-state index contributed by atoms with van der Waals surface area (Å²) in [5.74, 6) is -0.732. The number of carbonyl (C=O) groups is 2. The van der Waals surface area contributed by atoms with Crippen molar-refractivity contribution < 1.29 is 14.0 Å². The molecule has 1 unspecified atom stereocenters. The number of hydrogen-bond acceptors (Lipinski definition) is 2. The number of rotatable bonds is 3. The van der Waals surface area contributed by atoms with Crippen LogP contribution in [0.15, 0.2) is 54.6 Å². The number of benzene rings is 2. The summed E-state index contributed by atoms with van der Waals surface area (Å²) in [6.45, 7) is 1.81. The predicted molar refractivity (Wildman–Crippen MR) is 85.0 cm³/mol. The summed E-state index contributed by atoms with van der Waals surface area (Å²) in [6.07, 6.45) is 0. The van der Waals surface area contributed by atoms with Gasteiger partial charge in [-0.05, 0) is 36.8 Å². The second-order valence-corrected chi connectivity index (χ2v) is 5.09. The zero-order valence-corrected chi connectivity index (χ0v) is 12.9. The van der Waals surface area contributed by atoms with Gasteiger partial charge in [0.15, 0.2) is 0 Å². The van der Waals surface area contributed by atoms with E-state index in [9.17, 15) is 14.0 Å². The van der Waals surface area contributed by atoms with Gasteiger partial charge in [-0.2, -0.15) is 0 Å². The standard InChI is InChI=1S/C17H18FN3O2/c1-12(13-8-10-15(18)11-9-13)21(2)17(23)20-19-16(22)14-6-4-3-5-7-14/h3-12H,1-2H3,(H,19,22)(H,20,23). The highest BCUT2D eigenvalue weighted by Crippen LogP contribution is 2.18. The van der Waals surface area contributed by atoms with E-state index in [-0.39, 0.29) is 11.9 Å². The zero-order valence-electron chi connectivity index (χ0n) is 12.9. The van der Waals surface area contributed by atoms with E-state index in [2.05, 4.69) is 10.9 Å². The molecule has 0 aromatic heterocycles. The van der Waals surface area contributed by atoms with Crippen LogP contribution in [0.4, 0.5) is 9.18 Å². The van der Waals surface area contributed by atoms with Crippen molar-refractivity contribution in [3.63, 3.8) is 0 Å². The van der Waals surface area contributed by atoms with Crippen molar-refractivity contribution in [2.24, 2.45) is 0 Å². The normalized spacial score (nSPS) is 11.4. The Hall–Kier alpha value is -2.89. The first kappa shape index (κ1) is 16.5. The second kappa shape index (κ2) is 7.40. The molecule has 2 rings (SSSR count). The van der Waals surface area contributed by atoms with E-state index in [4.69, 9.17) is 0 Å². The molecule has 0 aliphatic rings. The highest BCUT2D eigenvalue weighted by atomic mass is 19.1. The molecule has 3 amide bonds. The largest absolute Gasteiger partial charge is 0.336 e. The quantitative estimate of drug-likeness (QED) is 0.856. The Morgan fingerprint density at radius 1 is 1.00 bits per heavy atom. The summed E-state index contributed by atoms with van der Waals surface area (Å²) in [6, 6.07) is 13.7. The van der Waals surface area contributed by atoms with Crippen LogP contribution in [0.1, 0.15) is 28.9 Å². The van der Waals surface area contributed by atoms with Crippen molar-refractivity contribution >= 4 is 11.9 Å². The maximum atomic E-state index is 12.9. The van der Waals surface area contributed by atoms with Crippen molar-refractivity contribution in [2.75, 3.05) is 7.05 Å². The Kier molecular flexibility index (Phi) is 5.30. The third-order valence-corrected chi connectivity index (χ3v) is 3.57.